The van der Waals surface area contributed by atoms with Crippen molar-refractivity contribution >= 4 is 41.7 Å². The number of pyridine rings is 1. The van der Waals surface area contributed by atoms with Gasteiger partial charge in [0.2, 0.25) is 5.91 Å². The summed E-state index contributed by atoms with van der Waals surface area (Å²) < 4.78 is 26.7. The SMILES string of the molecule is CN=C(NCCC(=O)Nc1ccc(C)cn1)NCc1cc(F)ccc1F.I. The van der Waals surface area contributed by atoms with Crippen LogP contribution in [0.4, 0.5) is 14.6 Å². The molecule has 0 unspecified atom stereocenters. The fourth-order valence-electron chi connectivity index (χ4n) is 2.12. The van der Waals surface area contributed by atoms with Crippen molar-refractivity contribution < 1.29 is 13.6 Å². The van der Waals surface area contributed by atoms with Gasteiger partial charge in [0.1, 0.15) is 17.5 Å². The molecule has 0 aliphatic carbocycles. The third-order valence-electron chi connectivity index (χ3n) is 3.50. The van der Waals surface area contributed by atoms with Crippen LogP contribution in [0.15, 0.2) is 41.5 Å². The summed E-state index contributed by atoms with van der Waals surface area (Å²) in [5.74, 6) is -0.327. The van der Waals surface area contributed by atoms with Gasteiger partial charge in [-0.3, -0.25) is 9.79 Å². The lowest BCUT2D eigenvalue weighted by Crippen LogP contribution is -2.38. The first kappa shape index (κ1) is 22.7. The molecule has 1 aromatic heterocycles. The molecule has 0 fully saturated rings. The summed E-state index contributed by atoms with van der Waals surface area (Å²) in [5, 5.41) is 8.50. The number of aromatic nitrogens is 1. The Balaban J connectivity index is 0.00000364. The molecule has 2 aromatic rings. The topological polar surface area (TPSA) is 78.4 Å². The molecular weight excluding hydrogens is 467 g/mol. The number of aliphatic imine (C=N–C) groups is 1. The average molecular weight is 489 g/mol. The minimum Gasteiger partial charge on any atom is -0.356 e. The fourth-order valence-corrected chi connectivity index (χ4v) is 2.12. The Morgan fingerprint density at radius 3 is 2.63 bits per heavy atom. The van der Waals surface area contributed by atoms with Gasteiger partial charge in [-0.25, -0.2) is 13.8 Å². The van der Waals surface area contributed by atoms with Gasteiger partial charge in [0.25, 0.3) is 0 Å². The molecule has 0 saturated heterocycles. The molecule has 1 amide bonds. The third kappa shape index (κ3) is 7.85. The molecule has 0 atom stereocenters. The number of halogens is 3. The second-order valence-electron chi connectivity index (χ2n) is 5.61. The Kier molecular flexibility index (Phi) is 9.62. The van der Waals surface area contributed by atoms with Crippen molar-refractivity contribution in [1.82, 2.24) is 15.6 Å². The van der Waals surface area contributed by atoms with E-state index in [1.807, 2.05) is 13.0 Å². The molecule has 3 N–H and O–H groups in total. The van der Waals surface area contributed by atoms with Crippen molar-refractivity contribution in [2.45, 2.75) is 19.9 Å². The lowest BCUT2D eigenvalue weighted by molar-refractivity contribution is -0.116. The lowest BCUT2D eigenvalue weighted by atomic mass is 10.2. The van der Waals surface area contributed by atoms with Crippen LogP contribution < -0.4 is 16.0 Å². The van der Waals surface area contributed by atoms with Crippen LogP contribution in [0, 0.1) is 18.6 Å². The van der Waals surface area contributed by atoms with Crippen LogP contribution >= 0.6 is 24.0 Å². The lowest BCUT2D eigenvalue weighted by Gasteiger charge is -2.12. The van der Waals surface area contributed by atoms with Gasteiger partial charge in [-0.05, 0) is 36.8 Å². The first-order valence-corrected chi connectivity index (χ1v) is 8.09. The minimum absolute atomic E-state index is 0. The Morgan fingerprint density at radius 2 is 1.96 bits per heavy atom. The highest BCUT2D eigenvalue weighted by molar-refractivity contribution is 14.0. The van der Waals surface area contributed by atoms with E-state index in [-0.39, 0.29) is 48.4 Å². The number of anilines is 1. The van der Waals surface area contributed by atoms with Crippen molar-refractivity contribution in [2.75, 3.05) is 18.9 Å². The molecule has 146 valence electrons. The van der Waals surface area contributed by atoms with E-state index < -0.39 is 11.6 Å². The first-order valence-electron chi connectivity index (χ1n) is 8.09. The normalized spacial score (nSPS) is 10.7. The quantitative estimate of drug-likeness (QED) is 0.331. The van der Waals surface area contributed by atoms with E-state index in [2.05, 4.69) is 25.9 Å². The summed E-state index contributed by atoms with van der Waals surface area (Å²) in [4.78, 5) is 20.0. The summed E-state index contributed by atoms with van der Waals surface area (Å²) in [5.41, 5.74) is 1.20. The van der Waals surface area contributed by atoms with Crippen LogP contribution in [0.1, 0.15) is 17.5 Å². The van der Waals surface area contributed by atoms with Crippen molar-refractivity contribution in [2.24, 2.45) is 4.99 Å². The summed E-state index contributed by atoms with van der Waals surface area (Å²) in [7, 11) is 1.55. The van der Waals surface area contributed by atoms with E-state index in [0.29, 0.717) is 18.3 Å². The number of aryl methyl sites for hydroxylation is 1. The largest absolute Gasteiger partial charge is 0.356 e. The minimum atomic E-state index is -0.507. The Hall–Kier alpha value is -2.30. The van der Waals surface area contributed by atoms with Gasteiger partial charge in [-0.2, -0.15) is 0 Å². The molecule has 0 radical (unpaired) electrons. The number of nitrogens with one attached hydrogen (secondary N) is 3. The summed E-state index contributed by atoms with van der Waals surface area (Å²) in [6.07, 6.45) is 1.87. The molecule has 0 saturated carbocycles. The highest BCUT2D eigenvalue weighted by Crippen LogP contribution is 2.09. The standard InChI is InChI=1S/C18H21F2N5O.HI/c1-12-3-6-16(23-10-12)25-17(26)7-8-22-18(21-2)24-11-13-9-14(19)4-5-15(13)20;/h3-6,9-10H,7-8,11H2,1-2H3,(H2,21,22,24)(H,23,25,26);1H. The van der Waals surface area contributed by atoms with Gasteiger partial charge in [0, 0.05) is 38.3 Å². The van der Waals surface area contributed by atoms with Crippen LogP contribution in [0.3, 0.4) is 0 Å². The fraction of sp³-hybridized carbons (Fsp3) is 0.278. The van der Waals surface area contributed by atoms with Crippen molar-refractivity contribution in [3.05, 3.63) is 59.3 Å². The third-order valence-corrected chi connectivity index (χ3v) is 3.50. The van der Waals surface area contributed by atoms with Gasteiger partial charge in [0.15, 0.2) is 5.96 Å². The summed E-state index contributed by atoms with van der Waals surface area (Å²) in [6, 6.07) is 6.85. The summed E-state index contributed by atoms with van der Waals surface area (Å²) >= 11 is 0. The number of hydrogen-bond acceptors (Lipinski definition) is 3. The van der Waals surface area contributed by atoms with E-state index in [9.17, 15) is 13.6 Å². The number of guanidine groups is 1. The van der Waals surface area contributed by atoms with Crippen molar-refractivity contribution in [1.29, 1.82) is 0 Å². The van der Waals surface area contributed by atoms with Crippen molar-refractivity contribution in [3.8, 4) is 0 Å². The van der Waals surface area contributed by atoms with Crippen LogP contribution in [-0.4, -0.2) is 30.4 Å². The number of rotatable bonds is 6. The van der Waals surface area contributed by atoms with Crippen LogP contribution in [0.2, 0.25) is 0 Å². The van der Waals surface area contributed by atoms with Gasteiger partial charge < -0.3 is 16.0 Å². The monoisotopic (exact) mass is 489 g/mol. The number of hydrogen-bond donors (Lipinski definition) is 3. The highest BCUT2D eigenvalue weighted by Gasteiger charge is 2.07. The molecule has 27 heavy (non-hydrogen) atoms. The molecule has 9 heteroatoms. The maximum Gasteiger partial charge on any atom is 0.227 e. The van der Waals surface area contributed by atoms with E-state index in [1.54, 1.807) is 19.3 Å². The zero-order chi connectivity index (χ0) is 18.9. The van der Waals surface area contributed by atoms with Crippen LogP contribution in [0.5, 0.6) is 0 Å². The molecule has 0 aliphatic rings. The van der Waals surface area contributed by atoms with E-state index in [1.165, 1.54) is 0 Å². The molecular formula is C18H22F2IN5O. The second kappa shape index (κ2) is 11.4. The van der Waals surface area contributed by atoms with Gasteiger partial charge >= 0.3 is 0 Å². The summed E-state index contributed by atoms with van der Waals surface area (Å²) in [6.45, 7) is 2.31. The Bertz CT molecular complexity index is 784. The maximum absolute atomic E-state index is 13.6. The molecule has 6 nitrogen and oxygen atoms in total. The smallest absolute Gasteiger partial charge is 0.227 e. The molecule has 1 aromatic carbocycles. The number of carbonyl (C=O) groups is 1. The number of benzene rings is 1. The molecule has 0 spiro atoms. The van der Waals surface area contributed by atoms with E-state index in [0.717, 1.165) is 23.8 Å². The molecule has 1 heterocycles. The van der Waals surface area contributed by atoms with Gasteiger partial charge in [-0.1, -0.05) is 6.07 Å². The Morgan fingerprint density at radius 1 is 1.19 bits per heavy atom. The molecule has 2 rings (SSSR count). The van der Waals surface area contributed by atoms with E-state index >= 15 is 0 Å². The molecule has 0 aliphatic heterocycles. The van der Waals surface area contributed by atoms with Gasteiger partial charge in [0.05, 0.1) is 0 Å². The predicted octanol–water partition coefficient (Wildman–Crippen LogP) is 2.98. The maximum atomic E-state index is 13.6. The number of nitrogens with zero attached hydrogens (tertiary/aromatic N) is 2. The number of amides is 1. The zero-order valence-corrected chi connectivity index (χ0v) is 17.4. The highest BCUT2D eigenvalue weighted by atomic mass is 127. The van der Waals surface area contributed by atoms with Gasteiger partial charge in [-0.15, -0.1) is 24.0 Å². The number of carbonyl (C=O) groups excluding carboxylic acids is 1. The average Bonchev–Trinajstić information content (AvgIpc) is 2.62. The Labute approximate surface area is 173 Å². The van der Waals surface area contributed by atoms with E-state index in [4.69, 9.17) is 0 Å². The molecule has 0 bridgehead atoms. The van der Waals surface area contributed by atoms with Crippen LogP contribution in [-0.2, 0) is 11.3 Å². The zero-order valence-electron chi connectivity index (χ0n) is 15.1. The predicted molar refractivity (Wildman–Crippen MR) is 112 cm³/mol. The van der Waals surface area contributed by atoms with Crippen LogP contribution in [0.25, 0.3) is 0 Å². The first-order chi connectivity index (χ1) is 12.5. The van der Waals surface area contributed by atoms with Crippen molar-refractivity contribution in [3.63, 3.8) is 0 Å². The second-order valence-corrected chi connectivity index (χ2v) is 5.61.